The summed E-state index contributed by atoms with van der Waals surface area (Å²) in [5.41, 5.74) is 1.72. The van der Waals surface area contributed by atoms with Crippen LogP contribution in [0.5, 0.6) is 0 Å². The molecule has 1 aromatic carbocycles. The average Bonchev–Trinajstić information content (AvgIpc) is 3.27. The van der Waals surface area contributed by atoms with Gasteiger partial charge in [-0.1, -0.05) is 30.3 Å². The van der Waals surface area contributed by atoms with Gasteiger partial charge in [0, 0.05) is 24.9 Å². The number of anilines is 1. The van der Waals surface area contributed by atoms with Gasteiger partial charge in [-0.05, 0) is 12.0 Å². The molecule has 0 radical (unpaired) electrons. The van der Waals surface area contributed by atoms with E-state index in [2.05, 4.69) is 15.0 Å². The number of carbonyl (C=O) groups is 3. The van der Waals surface area contributed by atoms with Crippen molar-refractivity contribution in [2.45, 2.75) is 19.3 Å². The fraction of sp³-hybridized carbons (Fsp3) is 0.368. The van der Waals surface area contributed by atoms with Gasteiger partial charge in [0.1, 0.15) is 0 Å². The molecule has 0 bridgehead atoms. The lowest BCUT2D eigenvalue weighted by Gasteiger charge is -2.16. The molecule has 27 heavy (non-hydrogen) atoms. The molecule has 8 heteroatoms. The minimum Gasteiger partial charge on any atom is -0.469 e. The average molecular weight is 387 g/mol. The molecule has 142 valence electrons. The van der Waals surface area contributed by atoms with Crippen molar-refractivity contribution >= 4 is 34.3 Å². The largest absolute Gasteiger partial charge is 0.469 e. The second-order valence-corrected chi connectivity index (χ2v) is 7.22. The standard InChI is InChI=1S/C19H21N3O4S/c1-26-17(24)10-15-12-27-19(20-15)21-18(25)14-9-16(23)22(11-14)8-7-13-5-3-2-4-6-13/h2-6,12,14H,7-11H2,1H3,(H,20,21,25)/t14-/m0/s1. The van der Waals surface area contributed by atoms with Crippen LogP contribution < -0.4 is 5.32 Å². The van der Waals surface area contributed by atoms with Crippen LogP contribution in [-0.4, -0.2) is 47.9 Å². The first-order chi connectivity index (χ1) is 13.0. The molecule has 3 rings (SSSR count). The third-order valence-corrected chi connectivity index (χ3v) is 5.24. The van der Waals surface area contributed by atoms with Gasteiger partial charge in [-0.3, -0.25) is 14.4 Å². The van der Waals surface area contributed by atoms with Crippen molar-refractivity contribution in [3.8, 4) is 0 Å². The van der Waals surface area contributed by atoms with E-state index in [1.807, 2.05) is 30.3 Å². The third-order valence-electron chi connectivity index (χ3n) is 4.43. The van der Waals surface area contributed by atoms with Crippen LogP contribution in [0.1, 0.15) is 17.7 Å². The van der Waals surface area contributed by atoms with Crippen LogP contribution >= 0.6 is 11.3 Å². The van der Waals surface area contributed by atoms with E-state index in [1.165, 1.54) is 24.0 Å². The van der Waals surface area contributed by atoms with Crippen molar-refractivity contribution in [1.29, 1.82) is 0 Å². The fourth-order valence-electron chi connectivity index (χ4n) is 2.95. The van der Waals surface area contributed by atoms with Crippen LogP contribution in [0.3, 0.4) is 0 Å². The molecule has 2 amide bonds. The predicted molar refractivity (Wildman–Crippen MR) is 101 cm³/mol. The van der Waals surface area contributed by atoms with Gasteiger partial charge >= 0.3 is 5.97 Å². The van der Waals surface area contributed by atoms with E-state index in [4.69, 9.17) is 0 Å². The molecule has 7 nitrogen and oxygen atoms in total. The van der Waals surface area contributed by atoms with Crippen molar-refractivity contribution in [2.75, 3.05) is 25.5 Å². The number of aromatic nitrogens is 1. The van der Waals surface area contributed by atoms with Crippen molar-refractivity contribution in [1.82, 2.24) is 9.88 Å². The summed E-state index contributed by atoms with van der Waals surface area (Å²) in [7, 11) is 1.32. The number of likely N-dealkylation sites (tertiary alicyclic amines) is 1. The Morgan fingerprint density at radius 1 is 1.33 bits per heavy atom. The molecule has 1 atom stereocenters. The summed E-state index contributed by atoms with van der Waals surface area (Å²) in [5.74, 6) is -0.990. The number of esters is 1. The number of rotatable bonds is 7. The molecule has 1 aromatic heterocycles. The molecule has 1 saturated heterocycles. The first kappa shape index (κ1) is 19.0. The Bertz CT molecular complexity index is 821. The number of hydrogen-bond acceptors (Lipinski definition) is 6. The van der Waals surface area contributed by atoms with E-state index in [-0.39, 0.29) is 36.5 Å². The lowest BCUT2D eigenvalue weighted by Crippen LogP contribution is -2.30. The molecule has 0 unspecified atom stereocenters. The first-order valence-corrected chi connectivity index (χ1v) is 9.57. The molecule has 1 aliphatic heterocycles. The van der Waals surface area contributed by atoms with Gasteiger partial charge in [-0.2, -0.15) is 0 Å². The number of benzene rings is 1. The SMILES string of the molecule is COC(=O)Cc1csc(NC(=O)[C@H]2CC(=O)N(CCc3ccccc3)C2)n1. The van der Waals surface area contributed by atoms with Crippen molar-refractivity contribution < 1.29 is 19.1 Å². The fourth-order valence-corrected chi connectivity index (χ4v) is 3.66. The number of hydrogen-bond donors (Lipinski definition) is 1. The van der Waals surface area contributed by atoms with Crippen LogP contribution in [-0.2, 0) is 32.0 Å². The summed E-state index contributed by atoms with van der Waals surface area (Å²) >= 11 is 1.25. The summed E-state index contributed by atoms with van der Waals surface area (Å²) in [5, 5.41) is 4.88. The molecule has 1 fully saturated rings. The summed E-state index contributed by atoms with van der Waals surface area (Å²) in [6.07, 6.45) is 1.04. The second kappa shape index (κ2) is 8.77. The Morgan fingerprint density at radius 3 is 2.85 bits per heavy atom. The molecule has 1 aliphatic rings. The predicted octanol–water partition coefficient (Wildman–Crippen LogP) is 1.89. The van der Waals surface area contributed by atoms with E-state index < -0.39 is 0 Å². The highest BCUT2D eigenvalue weighted by Gasteiger charge is 2.34. The summed E-state index contributed by atoms with van der Waals surface area (Å²) in [6.45, 7) is 1.02. The van der Waals surface area contributed by atoms with E-state index in [0.717, 1.165) is 6.42 Å². The number of carbonyl (C=O) groups excluding carboxylic acids is 3. The summed E-state index contributed by atoms with van der Waals surface area (Å²) in [4.78, 5) is 41.9. The number of ether oxygens (including phenoxy) is 1. The highest BCUT2D eigenvalue weighted by atomic mass is 32.1. The maximum atomic E-state index is 12.5. The van der Waals surface area contributed by atoms with Crippen LogP contribution in [0.15, 0.2) is 35.7 Å². The van der Waals surface area contributed by atoms with Gasteiger partial charge in [0.2, 0.25) is 11.8 Å². The van der Waals surface area contributed by atoms with Gasteiger partial charge in [0.15, 0.2) is 5.13 Å². The monoisotopic (exact) mass is 387 g/mol. The van der Waals surface area contributed by atoms with E-state index in [0.29, 0.717) is 23.9 Å². The Labute approximate surface area is 161 Å². The van der Waals surface area contributed by atoms with E-state index in [1.54, 1.807) is 10.3 Å². The quantitative estimate of drug-likeness (QED) is 0.733. The van der Waals surface area contributed by atoms with Gasteiger partial charge in [0.25, 0.3) is 0 Å². The number of thiazole rings is 1. The highest BCUT2D eigenvalue weighted by Crippen LogP contribution is 2.22. The van der Waals surface area contributed by atoms with Crippen molar-refractivity contribution in [3.05, 3.63) is 47.0 Å². The zero-order valence-electron chi connectivity index (χ0n) is 15.0. The third kappa shape index (κ3) is 5.13. The Balaban J connectivity index is 1.50. The number of methoxy groups -OCH3 is 1. The molecule has 2 aromatic rings. The molecule has 0 aliphatic carbocycles. The maximum absolute atomic E-state index is 12.5. The number of amides is 2. The Morgan fingerprint density at radius 2 is 2.11 bits per heavy atom. The van der Waals surface area contributed by atoms with Crippen LogP contribution in [0.2, 0.25) is 0 Å². The highest BCUT2D eigenvalue weighted by molar-refractivity contribution is 7.13. The smallest absolute Gasteiger partial charge is 0.311 e. The minimum absolute atomic E-state index is 0.00315. The van der Waals surface area contributed by atoms with Gasteiger partial charge in [0.05, 0.1) is 25.1 Å². The van der Waals surface area contributed by atoms with Crippen LogP contribution in [0, 0.1) is 5.92 Å². The number of nitrogens with zero attached hydrogens (tertiary/aromatic N) is 2. The Hall–Kier alpha value is -2.74. The molecule has 2 heterocycles. The van der Waals surface area contributed by atoms with Gasteiger partial charge < -0.3 is 15.0 Å². The van der Waals surface area contributed by atoms with E-state index >= 15 is 0 Å². The van der Waals surface area contributed by atoms with Gasteiger partial charge in [-0.15, -0.1) is 11.3 Å². The zero-order valence-corrected chi connectivity index (χ0v) is 15.8. The first-order valence-electron chi connectivity index (χ1n) is 8.69. The van der Waals surface area contributed by atoms with Gasteiger partial charge in [-0.25, -0.2) is 4.98 Å². The summed E-state index contributed by atoms with van der Waals surface area (Å²) in [6, 6.07) is 9.96. The topological polar surface area (TPSA) is 88.6 Å². The molecular weight excluding hydrogens is 366 g/mol. The molecule has 0 spiro atoms. The lowest BCUT2D eigenvalue weighted by atomic mass is 10.1. The van der Waals surface area contributed by atoms with Crippen LogP contribution in [0.4, 0.5) is 5.13 Å². The molecule has 1 N–H and O–H groups in total. The van der Waals surface area contributed by atoms with E-state index in [9.17, 15) is 14.4 Å². The lowest BCUT2D eigenvalue weighted by molar-refractivity contribution is -0.139. The minimum atomic E-state index is -0.388. The second-order valence-electron chi connectivity index (χ2n) is 6.36. The van der Waals surface area contributed by atoms with Crippen molar-refractivity contribution in [2.24, 2.45) is 5.92 Å². The summed E-state index contributed by atoms with van der Waals surface area (Å²) < 4.78 is 4.60. The van der Waals surface area contributed by atoms with Crippen molar-refractivity contribution in [3.63, 3.8) is 0 Å². The molecular formula is C19H21N3O4S. The Kier molecular flexibility index (Phi) is 6.18. The maximum Gasteiger partial charge on any atom is 0.311 e. The normalized spacial score (nSPS) is 16.4. The molecule has 0 saturated carbocycles. The zero-order chi connectivity index (χ0) is 19.2. The van der Waals surface area contributed by atoms with Crippen LogP contribution in [0.25, 0.3) is 0 Å². The number of nitrogens with one attached hydrogen (secondary N) is 1.